The number of aromatic amines is 2. The van der Waals surface area contributed by atoms with Gasteiger partial charge in [0.15, 0.2) is 23.3 Å². The number of nitrogens with one attached hydrogen (secondary N) is 7. The lowest BCUT2D eigenvalue weighted by Crippen LogP contribution is -2.29. The second-order valence-electron chi connectivity index (χ2n) is 15.8. The largest absolute Gasteiger partial charge is 0.368 e. The summed E-state index contributed by atoms with van der Waals surface area (Å²) in [4.78, 5) is 59.1. The Morgan fingerprint density at radius 3 is 1.57 bits per heavy atom. The summed E-state index contributed by atoms with van der Waals surface area (Å²) in [5.41, 5.74) is -0.421. The average Bonchev–Trinajstić information content (AvgIpc) is 4.01. The monoisotopic (exact) mass is 864 g/mol. The van der Waals surface area contributed by atoms with Crippen LogP contribution in [0, 0.1) is 0 Å². The standard InChI is InChI=1S/C22H29N7O3.C21H27N7O3/c1-29-13-9-15(10-14-29)20-25-19(32-28-20)8-7-18(30)23-11-4-12-24-21-16-5-2-3-6-17(16)22(31)27-26-21;29-17(6-7-18-25-19(28-31-18)14-8-12-22-13-9-14)23-10-3-11-24-20-15-4-1-2-5-16(15)21(30)27-26-20/h2-3,5-6,15H,4,7-14H2,1H3,(H,23,30)(H,24,26)(H,27,31);1-2,4-5,14,22H,3,6-13H2,(H,23,29)(H,24,26)(H,27,30). The molecule has 2 amide bonds. The second-order valence-corrected chi connectivity index (χ2v) is 15.8. The number of carbonyl (C=O) groups is 2. The molecule has 0 radical (unpaired) electrons. The summed E-state index contributed by atoms with van der Waals surface area (Å²) in [6.07, 6.45) is 7.05. The van der Waals surface area contributed by atoms with Crippen LogP contribution < -0.4 is 37.7 Å². The third kappa shape index (κ3) is 12.8. The van der Waals surface area contributed by atoms with E-state index in [0.29, 0.717) is 97.9 Å². The Kier molecular flexibility index (Phi) is 15.9. The van der Waals surface area contributed by atoms with E-state index in [9.17, 15) is 19.2 Å². The van der Waals surface area contributed by atoms with Crippen LogP contribution in [0.1, 0.15) is 86.6 Å². The minimum atomic E-state index is -0.211. The molecule has 2 aliphatic heterocycles. The van der Waals surface area contributed by atoms with Gasteiger partial charge >= 0.3 is 0 Å². The average molecular weight is 865 g/mol. The molecule has 0 saturated carbocycles. The number of carbonyl (C=O) groups excluding carboxylic acids is 2. The molecule has 20 nitrogen and oxygen atoms in total. The fourth-order valence-corrected chi connectivity index (χ4v) is 7.58. The topological polar surface area (TPSA) is 267 Å². The number of likely N-dealkylation sites (tertiary alicyclic amines) is 1. The Morgan fingerprint density at radius 1 is 0.651 bits per heavy atom. The molecule has 0 aliphatic carbocycles. The molecule has 7 N–H and O–H groups in total. The molecule has 20 heteroatoms. The van der Waals surface area contributed by atoms with E-state index >= 15 is 0 Å². The minimum absolute atomic E-state index is 0.0448. The first-order chi connectivity index (χ1) is 30.8. The van der Waals surface area contributed by atoms with E-state index < -0.39 is 0 Å². The number of piperidine rings is 2. The predicted molar refractivity (Wildman–Crippen MR) is 237 cm³/mol. The van der Waals surface area contributed by atoms with Crippen LogP contribution in [0.2, 0.25) is 0 Å². The van der Waals surface area contributed by atoms with Crippen LogP contribution >= 0.6 is 0 Å². The maximum atomic E-state index is 12.1. The Hall–Kier alpha value is -6.54. The van der Waals surface area contributed by atoms with Crippen molar-refractivity contribution in [1.82, 2.24) is 61.5 Å². The molecular weight excluding hydrogens is 809 g/mol. The van der Waals surface area contributed by atoms with Crippen molar-refractivity contribution in [2.75, 3.05) is 70.0 Å². The number of benzene rings is 2. The molecule has 2 fully saturated rings. The third-order valence-electron chi connectivity index (χ3n) is 11.2. The molecule has 0 bridgehead atoms. The fraction of sp³-hybridized carbons (Fsp3) is 0.488. The summed E-state index contributed by atoms with van der Waals surface area (Å²) >= 11 is 0. The highest BCUT2D eigenvalue weighted by molar-refractivity contribution is 5.91. The van der Waals surface area contributed by atoms with Crippen molar-refractivity contribution in [2.45, 2.75) is 76.0 Å². The van der Waals surface area contributed by atoms with Crippen LogP contribution in [-0.2, 0) is 22.4 Å². The third-order valence-corrected chi connectivity index (χ3v) is 11.2. The molecule has 0 unspecified atom stereocenters. The van der Waals surface area contributed by atoms with Crippen molar-refractivity contribution in [3.8, 4) is 0 Å². The normalized spacial score (nSPS) is 14.9. The molecule has 2 saturated heterocycles. The molecule has 2 aromatic carbocycles. The lowest BCUT2D eigenvalue weighted by Gasteiger charge is -2.26. The zero-order chi connectivity index (χ0) is 43.8. The molecule has 0 atom stereocenters. The molecule has 334 valence electrons. The number of aryl methyl sites for hydroxylation is 2. The predicted octanol–water partition coefficient (Wildman–Crippen LogP) is 2.99. The number of H-pyrrole nitrogens is 2. The van der Waals surface area contributed by atoms with Gasteiger partial charge in [-0.1, -0.05) is 46.7 Å². The Morgan fingerprint density at radius 2 is 1.10 bits per heavy atom. The SMILES string of the molecule is CN1CCC(c2noc(CCC(=O)NCCCNc3n[nH]c(=O)c4ccccc34)n2)CC1.O=C(CCc1nc(C2CCNCC2)no1)NCCCNc1n[nH]c(=O)c2ccccc12. The quantitative estimate of drug-likeness (QED) is 0.0612. The van der Waals surface area contributed by atoms with Crippen LogP contribution in [0.25, 0.3) is 21.5 Å². The highest BCUT2D eigenvalue weighted by Gasteiger charge is 2.24. The molecule has 2 aliphatic rings. The summed E-state index contributed by atoms with van der Waals surface area (Å²) < 4.78 is 10.6. The van der Waals surface area contributed by atoms with Crippen molar-refractivity contribution in [2.24, 2.45) is 0 Å². The van der Waals surface area contributed by atoms with E-state index in [1.807, 2.05) is 36.4 Å². The van der Waals surface area contributed by atoms with Crippen LogP contribution in [0.3, 0.4) is 0 Å². The summed E-state index contributed by atoms with van der Waals surface area (Å²) in [6, 6.07) is 14.6. The summed E-state index contributed by atoms with van der Waals surface area (Å²) in [7, 11) is 2.12. The van der Waals surface area contributed by atoms with Crippen molar-refractivity contribution in [3.63, 3.8) is 0 Å². The molecule has 6 heterocycles. The lowest BCUT2D eigenvalue weighted by atomic mass is 9.97. The minimum Gasteiger partial charge on any atom is -0.368 e. The number of nitrogens with zero attached hydrogens (tertiary/aromatic N) is 7. The first-order valence-electron chi connectivity index (χ1n) is 21.8. The molecule has 4 aromatic heterocycles. The van der Waals surface area contributed by atoms with Gasteiger partial charge in [0.05, 0.1) is 10.8 Å². The van der Waals surface area contributed by atoms with Gasteiger partial charge in [-0.3, -0.25) is 19.2 Å². The van der Waals surface area contributed by atoms with Gasteiger partial charge in [0, 0.05) is 74.5 Å². The molecular formula is C43H56N14O6. The first-order valence-corrected chi connectivity index (χ1v) is 21.8. The number of rotatable bonds is 18. The zero-order valence-electron chi connectivity index (χ0n) is 35.6. The maximum absolute atomic E-state index is 12.1. The number of fused-ring (bicyclic) bond motifs is 2. The molecule has 6 aromatic rings. The summed E-state index contributed by atoms with van der Waals surface area (Å²) in [5, 5.41) is 39.6. The van der Waals surface area contributed by atoms with Gasteiger partial charge in [-0.05, 0) is 83.9 Å². The van der Waals surface area contributed by atoms with Gasteiger partial charge in [-0.15, -0.1) is 0 Å². The van der Waals surface area contributed by atoms with E-state index in [1.54, 1.807) is 12.1 Å². The van der Waals surface area contributed by atoms with Gasteiger partial charge in [0.2, 0.25) is 23.6 Å². The number of hydrogen-bond acceptors (Lipinski definition) is 16. The molecule has 8 rings (SSSR count). The highest BCUT2D eigenvalue weighted by Crippen LogP contribution is 2.26. The van der Waals surface area contributed by atoms with Gasteiger partial charge in [0.1, 0.15) is 0 Å². The van der Waals surface area contributed by atoms with Crippen LogP contribution in [-0.4, -0.2) is 117 Å². The number of anilines is 2. The fourth-order valence-electron chi connectivity index (χ4n) is 7.58. The van der Waals surface area contributed by atoms with Crippen LogP contribution in [0.5, 0.6) is 0 Å². The van der Waals surface area contributed by atoms with Crippen molar-refractivity contribution < 1.29 is 18.6 Å². The highest BCUT2D eigenvalue weighted by atomic mass is 16.5. The van der Waals surface area contributed by atoms with E-state index in [1.165, 1.54) is 0 Å². The maximum Gasteiger partial charge on any atom is 0.272 e. The van der Waals surface area contributed by atoms with Gasteiger partial charge in [-0.25, -0.2) is 10.2 Å². The van der Waals surface area contributed by atoms with E-state index in [-0.39, 0.29) is 22.9 Å². The Balaban J connectivity index is 0.000000189. The van der Waals surface area contributed by atoms with Gasteiger partial charge in [-0.2, -0.15) is 20.2 Å². The Labute approximate surface area is 363 Å². The van der Waals surface area contributed by atoms with Gasteiger partial charge in [0.25, 0.3) is 11.1 Å². The molecule has 0 spiro atoms. The van der Waals surface area contributed by atoms with Crippen molar-refractivity contribution in [1.29, 1.82) is 0 Å². The molecule has 63 heavy (non-hydrogen) atoms. The number of hydrogen-bond donors (Lipinski definition) is 7. The number of amides is 2. The van der Waals surface area contributed by atoms with Crippen molar-refractivity contribution in [3.05, 3.63) is 92.7 Å². The van der Waals surface area contributed by atoms with Crippen LogP contribution in [0.15, 0.2) is 67.2 Å². The Bertz CT molecular complexity index is 2520. The number of aromatic nitrogens is 8. The second kappa shape index (κ2) is 22.5. The summed E-state index contributed by atoms with van der Waals surface area (Å²) in [6.45, 7) is 6.34. The van der Waals surface area contributed by atoms with E-state index in [0.717, 1.165) is 87.1 Å². The summed E-state index contributed by atoms with van der Waals surface area (Å²) in [5.74, 6) is 4.41. The zero-order valence-corrected chi connectivity index (χ0v) is 35.6. The first kappa shape index (κ1) is 44.5. The van der Waals surface area contributed by atoms with E-state index in [2.05, 4.69) is 79.2 Å². The smallest absolute Gasteiger partial charge is 0.272 e. The van der Waals surface area contributed by atoms with Crippen LogP contribution in [0.4, 0.5) is 11.6 Å². The van der Waals surface area contributed by atoms with E-state index in [4.69, 9.17) is 9.05 Å². The van der Waals surface area contributed by atoms with Crippen molar-refractivity contribution >= 4 is 45.0 Å². The lowest BCUT2D eigenvalue weighted by molar-refractivity contribution is -0.121. The van der Waals surface area contributed by atoms with Gasteiger partial charge < -0.3 is 40.5 Å².